The highest BCUT2D eigenvalue weighted by molar-refractivity contribution is 6.36. The Morgan fingerprint density at radius 2 is 1.73 bits per heavy atom. The predicted molar refractivity (Wildman–Crippen MR) is 158 cm³/mol. The van der Waals surface area contributed by atoms with Crippen molar-refractivity contribution in [3.63, 3.8) is 0 Å². The van der Waals surface area contributed by atoms with Gasteiger partial charge >= 0.3 is 0 Å². The van der Waals surface area contributed by atoms with Crippen LogP contribution in [0.4, 0.5) is 11.5 Å². The van der Waals surface area contributed by atoms with Crippen LogP contribution >= 0.6 is 11.6 Å². The van der Waals surface area contributed by atoms with E-state index in [1.807, 2.05) is 74.5 Å². The Morgan fingerprint density at radius 1 is 0.950 bits per heavy atom. The number of nitrogens with one attached hydrogen (secondary N) is 2. The average Bonchev–Trinajstić information content (AvgIpc) is 2.94. The van der Waals surface area contributed by atoms with Gasteiger partial charge in [0.15, 0.2) is 5.82 Å². The van der Waals surface area contributed by atoms with Crippen LogP contribution in [0.25, 0.3) is 33.4 Å². The van der Waals surface area contributed by atoms with Crippen molar-refractivity contribution in [3.05, 3.63) is 88.8 Å². The summed E-state index contributed by atoms with van der Waals surface area (Å²) in [5, 5.41) is 7.01. The second-order valence-corrected chi connectivity index (χ2v) is 9.57. The number of carbonyl (C=O) groups excluding carboxylic acids is 1. The van der Waals surface area contributed by atoms with E-state index in [-0.39, 0.29) is 6.54 Å². The maximum absolute atomic E-state index is 11.1. The summed E-state index contributed by atoms with van der Waals surface area (Å²) in [6.45, 7) is 4.36. The van der Waals surface area contributed by atoms with E-state index in [0.29, 0.717) is 40.3 Å². The number of hydrogen-bond donors (Lipinski definition) is 3. The van der Waals surface area contributed by atoms with Gasteiger partial charge < -0.3 is 21.1 Å². The lowest BCUT2D eigenvalue weighted by Gasteiger charge is -2.17. The average molecular weight is 554 g/mol. The van der Waals surface area contributed by atoms with E-state index in [4.69, 9.17) is 27.1 Å². The van der Waals surface area contributed by atoms with Crippen molar-refractivity contribution in [3.8, 4) is 28.3 Å². The predicted octanol–water partition coefficient (Wildman–Crippen LogP) is 5.35. The first-order valence-electron chi connectivity index (χ1n) is 12.6. The molecule has 0 aliphatic rings. The minimum Gasteiger partial charge on any atom is -0.481 e. The monoisotopic (exact) mass is 553 g/mol. The number of ether oxygens (including phenoxy) is 1. The molecular formula is C30H28ClN7O2. The third kappa shape index (κ3) is 5.56. The molecule has 202 valence electrons. The highest BCUT2D eigenvalue weighted by Gasteiger charge is 2.17. The van der Waals surface area contributed by atoms with Crippen LogP contribution in [0.1, 0.15) is 17.0 Å². The molecule has 0 bridgehead atoms. The number of amides is 1. The maximum Gasteiger partial charge on any atom is 0.231 e. The SMILES string of the molecule is COc1nc(-c2cccc(-c3cccc(Nc4nc(C)nc5cccnc45)c3C)c2Cl)ccc1CNCC(N)=O. The number of aryl methyl sites for hydroxylation is 1. The summed E-state index contributed by atoms with van der Waals surface area (Å²) in [5.74, 6) is 1.31. The fourth-order valence-electron chi connectivity index (χ4n) is 4.55. The van der Waals surface area contributed by atoms with E-state index < -0.39 is 5.91 Å². The van der Waals surface area contributed by atoms with Gasteiger partial charge in [0.25, 0.3) is 0 Å². The number of pyridine rings is 2. The van der Waals surface area contributed by atoms with Crippen LogP contribution in [-0.2, 0) is 11.3 Å². The number of nitrogens with zero attached hydrogens (tertiary/aromatic N) is 4. The fraction of sp³-hybridized carbons (Fsp3) is 0.167. The minimum atomic E-state index is -0.432. The van der Waals surface area contributed by atoms with E-state index in [0.717, 1.165) is 39.0 Å². The van der Waals surface area contributed by atoms with Gasteiger partial charge in [0.05, 0.1) is 29.9 Å². The van der Waals surface area contributed by atoms with E-state index in [1.54, 1.807) is 13.3 Å². The normalized spacial score (nSPS) is 11.0. The van der Waals surface area contributed by atoms with Crippen molar-refractivity contribution in [2.75, 3.05) is 19.0 Å². The van der Waals surface area contributed by atoms with Gasteiger partial charge in [-0.05, 0) is 49.2 Å². The van der Waals surface area contributed by atoms with Gasteiger partial charge in [-0.25, -0.2) is 15.0 Å². The van der Waals surface area contributed by atoms with Gasteiger partial charge in [-0.2, -0.15) is 0 Å². The van der Waals surface area contributed by atoms with Crippen LogP contribution in [0.15, 0.2) is 66.9 Å². The zero-order chi connectivity index (χ0) is 28.2. The second-order valence-electron chi connectivity index (χ2n) is 9.20. The van der Waals surface area contributed by atoms with Crippen molar-refractivity contribution < 1.29 is 9.53 Å². The quantitative estimate of drug-likeness (QED) is 0.223. The lowest BCUT2D eigenvalue weighted by molar-refractivity contribution is -0.117. The van der Waals surface area contributed by atoms with Crippen LogP contribution < -0.4 is 21.1 Å². The number of carbonyl (C=O) groups is 1. The number of fused-ring (bicyclic) bond motifs is 1. The molecule has 0 saturated heterocycles. The van der Waals surface area contributed by atoms with Crippen molar-refractivity contribution in [2.24, 2.45) is 5.73 Å². The summed E-state index contributed by atoms with van der Waals surface area (Å²) in [5.41, 5.74) is 12.7. The zero-order valence-electron chi connectivity index (χ0n) is 22.3. The Balaban J connectivity index is 1.49. The van der Waals surface area contributed by atoms with Crippen molar-refractivity contribution in [2.45, 2.75) is 20.4 Å². The smallest absolute Gasteiger partial charge is 0.231 e. The first kappa shape index (κ1) is 27.0. The molecule has 1 amide bonds. The molecule has 0 saturated carbocycles. The molecule has 40 heavy (non-hydrogen) atoms. The van der Waals surface area contributed by atoms with E-state index >= 15 is 0 Å². The van der Waals surface area contributed by atoms with Gasteiger partial charge in [-0.3, -0.25) is 9.78 Å². The van der Waals surface area contributed by atoms with Crippen LogP contribution in [-0.4, -0.2) is 39.5 Å². The molecule has 2 aromatic carbocycles. The van der Waals surface area contributed by atoms with Crippen molar-refractivity contribution in [1.29, 1.82) is 0 Å². The van der Waals surface area contributed by atoms with Crippen LogP contribution in [0.2, 0.25) is 5.02 Å². The molecule has 4 N–H and O–H groups in total. The molecule has 10 heteroatoms. The van der Waals surface area contributed by atoms with Crippen LogP contribution in [0.5, 0.6) is 5.88 Å². The summed E-state index contributed by atoms with van der Waals surface area (Å²) < 4.78 is 5.52. The number of aromatic nitrogens is 4. The first-order valence-corrected chi connectivity index (χ1v) is 13.0. The zero-order valence-corrected chi connectivity index (χ0v) is 23.1. The number of benzene rings is 2. The second kappa shape index (κ2) is 11.6. The molecule has 9 nitrogen and oxygen atoms in total. The van der Waals surface area contributed by atoms with Gasteiger partial charge in [-0.1, -0.05) is 48.0 Å². The number of halogens is 1. The standard InChI is InChI=1S/C30H28ClN7O2/c1-17-20(7-5-10-23(17)37-29-28-25(11-6-14-34-28)35-18(2)36-29)21-8-4-9-22(27(21)31)24-13-12-19(30(38-24)40-3)15-33-16-26(32)39/h4-14,33H,15-16H2,1-3H3,(H2,32,39)(H,35,36,37). The number of methoxy groups -OCH3 is 1. The number of nitrogens with two attached hydrogens (primary N) is 1. The first-order chi connectivity index (χ1) is 19.4. The van der Waals surface area contributed by atoms with Gasteiger partial charge in [0.1, 0.15) is 11.3 Å². The Kier molecular flexibility index (Phi) is 7.86. The van der Waals surface area contributed by atoms with Gasteiger partial charge in [0.2, 0.25) is 11.8 Å². The molecular weight excluding hydrogens is 526 g/mol. The van der Waals surface area contributed by atoms with Gasteiger partial charge in [-0.15, -0.1) is 0 Å². The summed E-state index contributed by atoms with van der Waals surface area (Å²) in [6.07, 6.45) is 1.73. The Morgan fingerprint density at radius 3 is 2.52 bits per heavy atom. The van der Waals surface area contributed by atoms with E-state index in [2.05, 4.69) is 25.6 Å². The van der Waals surface area contributed by atoms with Crippen LogP contribution in [0.3, 0.4) is 0 Å². The van der Waals surface area contributed by atoms with E-state index in [9.17, 15) is 4.79 Å². The minimum absolute atomic E-state index is 0.0651. The lowest BCUT2D eigenvalue weighted by Crippen LogP contribution is -2.28. The van der Waals surface area contributed by atoms with Crippen molar-refractivity contribution in [1.82, 2.24) is 25.3 Å². The summed E-state index contributed by atoms with van der Waals surface area (Å²) >= 11 is 7.02. The summed E-state index contributed by atoms with van der Waals surface area (Å²) in [6, 6.07) is 19.5. The molecule has 0 aliphatic heterocycles. The highest BCUT2D eigenvalue weighted by Crippen LogP contribution is 2.39. The Labute approximate surface area is 236 Å². The third-order valence-corrected chi connectivity index (χ3v) is 6.87. The number of anilines is 2. The molecule has 3 aromatic heterocycles. The molecule has 0 atom stereocenters. The van der Waals surface area contributed by atoms with Crippen molar-refractivity contribution >= 4 is 40.0 Å². The summed E-state index contributed by atoms with van der Waals surface area (Å²) in [7, 11) is 1.56. The maximum atomic E-state index is 11.1. The largest absolute Gasteiger partial charge is 0.481 e. The number of rotatable bonds is 9. The molecule has 5 rings (SSSR count). The molecule has 0 fully saturated rings. The Hall–Kier alpha value is -4.60. The van der Waals surface area contributed by atoms with Gasteiger partial charge in [0, 0.05) is 35.1 Å². The molecule has 0 unspecified atom stereocenters. The molecule has 0 aliphatic carbocycles. The lowest BCUT2D eigenvalue weighted by atomic mass is 9.96. The molecule has 0 spiro atoms. The topological polar surface area (TPSA) is 128 Å². The fourth-order valence-corrected chi connectivity index (χ4v) is 4.87. The molecule has 0 radical (unpaired) electrons. The molecule has 5 aromatic rings. The van der Waals surface area contributed by atoms with E-state index in [1.165, 1.54) is 0 Å². The number of primary amides is 1. The number of hydrogen-bond acceptors (Lipinski definition) is 8. The summed E-state index contributed by atoms with van der Waals surface area (Å²) in [4.78, 5) is 29.3. The third-order valence-electron chi connectivity index (χ3n) is 6.47. The van der Waals surface area contributed by atoms with Crippen LogP contribution in [0, 0.1) is 13.8 Å². The Bertz CT molecular complexity index is 1720. The highest BCUT2D eigenvalue weighted by atomic mass is 35.5. The molecule has 3 heterocycles.